The predicted molar refractivity (Wildman–Crippen MR) is 64.4 cm³/mol. The highest BCUT2D eigenvalue weighted by atomic mass is 14.1. The van der Waals surface area contributed by atoms with E-state index in [1.54, 1.807) is 5.57 Å². The summed E-state index contributed by atoms with van der Waals surface area (Å²) in [6.07, 6.45) is 16.4. The molecule has 0 saturated heterocycles. The highest BCUT2D eigenvalue weighted by Crippen LogP contribution is 2.24. The molecule has 0 aromatic heterocycles. The van der Waals surface area contributed by atoms with E-state index in [2.05, 4.69) is 32.1 Å². The summed E-state index contributed by atoms with van der Waals surface area (Å²) in [5.74, 6) is 0.812. The standard InChI is InChI=1S/C14H24/c1-3-4-5-6-7-10-13(2)14-11-8-9-12-14/h8-9,11,13H,3-7,10,12H2,1-2H3. The van der Waals surface area contributed by atoms with E-state index < -0.39 is 0 Å². The third-order valence-corrected chi connectivity index (χ3v) is 3.17. The average molecular weight is 192 g/mol. The Labute approximate surface area is 89.1 Å². The summed E-state index contributed by atoms with van der Waals surface area (Å²) in [6, 6.07) is 0. The molecule has 0 heteroatoms. The first kappa shape index (κ1) is 11.6. The summed E-state index contributed by atoms with van der Waals surface area (Å²) < 4.78 is 0. The van der Waals surface area contributed by atoms with Gasteiger partial charge in [0.25, 0.3) is 0 Å². The lowest BCUT2D eigenvalue weighted by atomic mass is 9.94. The summed E-state index contributed by atoms with van der Waals surface area (Å²) in [7, 11) is 0. The Morgan fingerprint density at radius 2 is 2.00 bits per heavy atom. The van der Waals surface area contributed by atoms with E-state index in [9.17, 15) is 0 Å². The molecule has 0 aliphatic heterocycles. The topological polar surface area (TPSA) is 0 Å². The van der Waals surface area contributed by atoms with Crippen LogP contribution in [0.25, 0.3) is 0 Å². The number of hydrogen-bond donors (Lipinski definition) is 0. The summed E-state index contributed by atoms with van der Waals surface area (Å²) in [5, 5.41) is 0. The van der Waals surface area contributed by atoms with E-state index in [0.29, 0.717) is 0 Å². The first-order valence-corrected chi connectivity index (χ1v) is 6.20. The third-order valence-electron chi connectivity index (χ3n) is 3.17. The minimum atomic E-state index is 0.812. The Hall–Kier alpha value is -0.520. The van der Waals surface area contributed by atoms with Gasteiger partial charge in [0.2, 0.25) is 0 Å². The van der Waals surface area contributed by atoms with Gasteiger partial charge in [-0.2, -0.15) is 0 Å². The van der Waals surface area contributed by atoms with Crippen molar-refractivity contribution in [2.24, 2.45) is 5.92 Å². The van der Waals surface area contributed by atoms with Crippen molar-refractivity contribution < 1.29 is 0 Å². The fraction of sp³-hybridized carbons (Fsp3) is 0.714. The van der Waals surface area contributed by atoms with E-state index in [4.69, 9.17) is 0 Å². The first-order chi connectivity index (χ1) is 6.84. The molecule has 0 N–H and O–H groups in total. The van der Waals surface area contributed by atoms with Crippen molar-refractivity contribution in [1.82, 2.24) is 0 Å². The maximum atomic E-state index is 2.37. The van der Waals surface area contributed by atoms with Crippen molar-refractivity contribution in [3.05, 3.63) is 23.8 Å². The zero-order valence-electron chi connectivity index (χ0n) is 9.76. The quantitative estimate of drug-likeness (QED) is 0.505. The second-order valence-corrected chi connectivity index (χ2v) is 4.48. The molecular weight excluding hydrogens is 168 g/mol. The summed E-state index contributed by atoms with van der Waals surface area (Å²) >= 11 is 0. The van der Waals surface area contributed by atoms with Crippen molar-refractivity contribution in [1.29, 1.82) is 0 Å². The molecule has 1 aliphatic carbocycles. The zero-order valence-corrected chi connectivity index (χ0v) is 9.76. The van der Waals surface area contributed by atoms with Crippen molar-refractivity contribution in [2.45, 2.75) is 58.8 Å². The van der Waals surface area contributed by atoms with Gasteiger partial charge in [-0.3, -0.25) is 0 Å². The van der Waals surface area contributed by atoms with Crippen LogP contribution in [0.1, 0.15) is 58.8 Å². The summed E-state index contributed by atoms with van der Waals surface area (Å²) in [4.78, 5) is 0. The Balaban J connectivity index is 2.01. The molecule has 1 rings (SSSR count). The van der Waals surface area contributed by atoms with Crippen LogP contribution in [0.4, 0.5) is 0 Å². The van der Waals surface area contributed by atoms with Gasteiger partial charge < -0.3 is 0 Å². The fourth-order valence-corrected chi connectivity index (χ4v) is 2.07. The summed E-state index contributed by atoms with van der Waals surface area (Å²) in [6.45, 7) is 4.65. The van der Waals surface area contributed by atoms with Gasteiger partial charge in [-0.25, -0.2) is 0 Å². The number of allylic oxidation sites excluding steroid dienone is 4. The SMILES string of the molecule is CCCCCCCC(C)C1=CC=CC1. The molecule has 0 aromatic rings. The Kier molecular flexibility index (Phi) is 5.66. The van der Waals surface area contributed by atoms with Crippen LogP contribution in [-0.2, 0) is 0 Å². The van der Waals surface area contributed by atoms with Crippen LogP contribution in [0.15, 0.2) is 23.8 Å². The van der Waals surface area contributed by atoms with Crippen LogP contribution < -0.4 is 0 Å². The monoisotopic (exact) mass is 192 g/mol. The van der Waals surface area contributed by atoms with E-state index in [1.165, 1.54) is 44.9 Å². The first-order valence-electron chi connectivity index (χ1n) is 6.20. The van der Waals surface area contributed by atoms with Gasteiger partial charge in [-0.15, -0.1) is 0 Å². The van der Waals surface area contributed by atoms with Crippen LogP contribution in [-0.4, -0.2) is 0 Å². The molecule has 0 radical (unpaired) electrons. The smallest absolute Gasteiger partial charge is 0.0130 e. The predicted octanol–water partition coefficient (Wildman–Crippen LogP) is 4.87. The lowest BCUT2D eigenvalue weighted by molar-refractivity contribution is 0.531. The molecule has 0 spiro atoms. The largest absolute Gasteiger partial charge is 0.0805 e. The summed E-state index contributed by atoms with van der Waals surface area (Å²) in [5.41, 5.74) is 1.64. The van der Waals surface area contributed by atoms with Crippen LogP contribution in [0, 0.1) is 5.92 Å². The molecule has 0 saturated carbocycles. The van der Waals surface area contributed by atoms with E-state index in [0.717, 1.165) is 5.92 Å². The molecule has 0 fully saturated rings. The second-order valence-electron chi connectivity index (χ2n) is 4.48. The number of hydrogen-bond acceptors (Lipinski definition) is 0. The van der Waals surface area contributed by atoms with Gasteiger partial charge in [-0.05, 0) is 18.8 Å². The number of rotatable bonds is 7. The van der Waals surface area contributed by atoms with Crippen LogP contribution in [0.2, 0.25) is 0 Å². The van der Waals surface area contributed by atoms with E-state index >= 15 is 0 Å². The molecule has 0 bridgehead atoms. The van der Waals surface area contributed by atoms with Gasteiger partial charge in [0.1, 0.15) is 0 Å². The lowest BCUT2D eigenvalue weighted by Gasteiger charge is -2.12. The van der Waals surface area contributed by atoms with Crippen molar-refractivity contribution in [3.63, 3.8) is 0 Å². The second kappa shape index (κ2) is 6.86. The van der Waals surface area contributed by atoms with Gasteiger partial charge in [0.05, 0.1) is 0 Å². The minimum absolute atomic E-state index is 0.812. The van der Waals surface area contributed by atoms with Gasteiger partial charge >= 0.3 is 0 Å². The Morgan fingerprint density at radius 1 is 1.21 bits per heavy atom. The third kappa shape index (κ3) is 4.13. The molecule has 14 heavy (non-hydrogen) atoms. The van der Waals surface area contributed by atoms with E-state index in [-0.39, 0.29) is 0 Å². The molecule has 0 amide bonds. The van der Waals surface area contributed by atoms with E-state index in [1.807, 2.05) is 0 Å². The molecule has 0 aromatic carbocycles. The molecule has 1 aliphatic rings. The maximum Gasteiger partial charge on any atom is -0.0130 e. The van der Waals surface area contributed by atoms with Crippen molar-refractivity contribution in [3.8, 4) is 0 Å². The molecular formula is C14H24. The number of unbranched alkanes of at least 4 members (excludes halogenated alkanes) is 4. The molecule has 1 atom stereocenters. The van der Waals surface area contributed by atoms with Gasteiger partial charge in [0.15, 0.2) is 0 Å². The molecule has 80 valence electrons. The average Bonchev–Trinajstić information content (AvgIpc) is 2.70. The fourth-order valence-electron chi connectivity index (χ4n) is 2.07. The highest BCUT2D eigenvalue weighted by molar-refractivity contribution is 5.24. The maximum absolute atomic E-state index is 2.37. The normalized spacial score (nSPS) is 17.1. The minimum Gasteiger partial charge on any atom is -0.0805 e. The Morgan fingerprint density at radius 3 is 2.64 bits per heavy atom. The molecule has 0 heterocycles. The Bertz CT molecular complexity index is 198. The lowest BCUT2D eigenvalue weighted by Crippen LogP contribution is -1.97. The highest BCUT2D eigenvalue weighted by Gasteiger charge is 2.08. The zero-order chi connectivity index (χ0) is 10.2. The van der Waals surface area contributed by atoms with Crippen LogP contribution in [0.5, 0.6) is 0 Å². The molecule has 1 unspecified atom stereocenters. The van der Waals surface area contributed by atoms with Crippen molar-refractivity contribution in [2.75, 3.05) is 0 Å². The van der Waals surface area contributed by atoms with Gasteiger partial charge in [-0.1, -0.05) is 69.8 Å². The van der Waals surface area contributed by atoms with Crippen LogP contribution >= 0.6 is 0 Å². The molecule has 0 nitrogen and oxygen atoms in total. The van der Waals surface area contributed by atoms with Crippen molar-refractivity contribution >= 4 is 0 Å². The van der Waals surface area contributed by atoms with Crippen LogP contribution in [0.3, 0.4) is 0 Å². The van der Waals surface area contributed by atoms with Gasteiger partial charge in [0, 0.05) is 0 Å².